The largest absolute Gasteiger partial charge is 0.416 e. The van der Waals surface area contributed by atoms with Crippen LogP contribution in [0.5, 0.6) is 0 Å². The number of halogens is 3. The van der Waals surface area contributed by atoms with Crippen molar-refractivity contribution in [2.24, 2.45) is 0 Å². The minimum absolute atomic E-state index is 0.645. The van der Waals surface area contributed by atoms with E-state index in [1.54, 1.807) is 0 Å². The molecule has 1 aromatic carbocycles. The number of rotatable bonds is 7. The molecule has 1 aromatic heterocycles. The summed E-state index contributed by atoms with van der Waals surface area (Å²) in [6.07, 6.45) is -1.13. The average molecular weight is 387 g/mol. The molecule has 25 heavy (non-hydrogen) atoms. The Kier molecular flexibility index (Phi) is 6.95. The molecule has 136 valence electrons. The first-order valence-electron chi connectivity index (χ1n) is 8.05. The molecule has 0 unspecified atom stereocenters. The molecule has 0 amide bonds. The molecule has 0 radical (unpaired) electrons. The Hall–Kier alpha value is -1.47. The number of benzene rings is 1. The number of thioether (sulfide) groups is 1. The fourth-order valence-corrected chi connectivity index (χ4v) is 4.05. The van der Waals surface area contributed by atoms with E-state index in [0.29, 0.717) is 5.56 Å². The summed E-state index contributed by atoms with van der Waals surface area (Å²) in [6, 6.07) is 5.14. The van der Waals surface area contributed by atoms with Gasteiger partial charge in [-0.2, -0.15) is 13.2 Å². The van der Waals surface area contributed by atoms with Gasteiger partial charge >= 0.3 is 6.18 Å². The monoisotopic (exact) mass is 386 g/mol. The molecule has 1 N–H and O–H groups in total. The molecule has 0 atom stereocenters. The number of aromatic nitrogens is 1. The van der Waals surface area contributed by atoms with Gasteiger partial charge < -0.3 is 5.32 Å². The van der Waals surface area contributed by atoms with Crippen molar-refractivity contribution in [3.63, 3.8) is 0 Å². The van der Waals surface area contributed by atoms with Crippen LogP contribution in [0, 0.1) is 6.92 Å². The predicted molar refractivity (Wildman–Crippen MR) is 102 cm³/mol. The van der Waals surface area contributed by atoms with Gasteiger partial charge in [-0.1, -0.05) is 43.4 Å². The van der Waals surface area contributed by atoms with Crippen molar-refractivity contribution < 1.29 is 13.2 Å². The molecule has 0 bridgehead atoms. The van der Waals surface area contributed by atoms with Crippen LogP contribution < -0.4 is 5.32 Å². The normalized spacial score (nSPS) is 12.5. The van der Waals surface area contributed by atoms with E-state index < -0.39 is 11.7 Å². The molecule has 0 aliphatic rings. The van der Waals surface area contributed by atoms with E-state index in [-0.39, 0.29) is 0 Å². The van der Waals surface area contributed by atoms with Gasteiger partial charge in [0.05, 0.1) is 11.3 Å². The molecule has 2 aromatic rings. The molecular formula is C18H21F3N2S2. The fraction of sp³-hybridized carbons (Fsp3) is 0.389. The van der Waals surface area contributed by atoms with E-state index in [1.807, 2.05) is 18.7 Å². The van der Waals surface area contributed by atoms with Gasteiger partial charge in [-0.15, -0.1) is 11.8 Å². The lowest BCUT2D eigenvalue weighted by Gasteiger charge is -2.08. The predicted octanol–water partition coefficient (Wildman–Crippen LogP) is 6.60. The maximum Gasteiger partial charge on any atom is 0.416 e. The zero-order valence-corrected chi connectivity index (χ0v) is 16.0. The molecule has 0 fully saturated rings. The molecule has 0 aliphatic heterocycles. The topological polar surface area (TPSA) is 24.9 Å². The number of alkyl halides is 3. The van der Waals surface area contributed by atoms with Gasteiger partial charge in [-0.3, -0.25) is 0 Å². The molecule has 0 saturated heterocycles. The highest BCUT2D eigenvalue weighted by Crippen LogP contribution is 2.35. The van der Waals surface area contributed by atoms with E-state index >= 15 is 0 Å². The zero-order valence-electron chi connectivity index (χ0n) is 14.4. The van der Waals surface area contributed by atoms with E-state index in [9.17, 15) is 13.2 Å². The van der Waals surface area contributed by atoms with Crippen molar-refractivity contribution in [3.8, 4) is 10.6 Å². The first kappa shape index (κ1) is 19.8. The maximum absolute atomic E-state index is 12.7. The van der Waals surface area contributed by atoms with Crippen LogP contribution in [0.3, 0.4) is 0 Å². The van der Waals surface area contributed by atoms with Crippen molar-refractivity contribution in [2.45, 2.75) is 33.4 Å². The Balaban J connectivity index is 2.13. The summed E-state index contributed by atoms with van der Waals surface area (Å²) in [4.78, 5) is 5.78. The van der Waals surface area contributed by atoms with Gasteiger partial charge in [0.1, 0.15) is 10.0 Å². The second-order valence-corrected chi connectivity index (χ2v) is 7.76. The highest BCUT2D eigenvalue weighted by Gasteiger charge is 2.30. The van der Waals surface area contributed by atoms with Crippen molar-refractivity contribution in [2.75, 3.05) is 17.6 Å². The summed E-state index contributed by atoms with van der Waals surface area (Å²) in [5.74, 6) is 1.02. The third kappa shape index (κ3) is 5.51. The molecular weight excluding hydrogens is 365 g/mol. The summed E-state index contributed by atoms with van der Waals surface area (Å²) in [6.45, 7) is 6.87. The van der Waals surface area contributed by atoms with Crippen LogP contribution in [0.2, 0.25) is 0 Å². The Morgan fingerprint density at radius 2 is 1.92 bits per heavy atom. The third-order valence-corrected chi connectivity index (χ3v) is 5.58. The highest BCUT2D eigenvalue weighted by molar-refractivity contribution is 8.03. The molecule has 0 spiro atoms. The third-order valence-electron chi connectivity index (χ3n) is 3.44. The van der Waals surface area contributed by atoms with Crippen LogP contribution in [0.1, 0.15) is 31.5 Å². The number of anilines is 1. The summed E-state index contributed by atoms with van der Waals surface area (Å²) < 4.78 is 38.0. The standard InChI is InChI=1S/C18H21F3N2S2/c1-4-6-15(24-5-2)11-22-16-12(3)23-17(25-16)13-7-9-14(10-8-13)18(19,20)21/h6-10,22H,4-5,11H2,1-3H3/b15-6-. The minimum atomic E-state index is -4.32. The van der Waals surface area contributed by atoms with Gasteiger partial charge in [-0.25, -0.2) is 4.98 Å². The quantitative estimate of drug-likeness (QED) is 0.580. The summed E-state index contributed by atoms with van der Waals surface area (Å²) >= 11 is 3.27. The summed E-state index contributed by atoms with van der Waals surface area (Å²) in [5.41, 5.74) is 0.910. The smallest absolute Gasteiger partial charge is 0.371 e. The molecule has 0 aliphatic carbocycles. The SMILES string of the molecule is CC/C=C(/CNc1sc(-c2ccc(C(F)(F)F)cc2)nc1C)SCC. The number of hydrogen-bond acceptors (Lipinski definition) is 4. The first-order chi connectivity index (χ1) is 11.8. The second-order valence-electron chi connectivity index (χ2n) is 5.37. The summed E-state index contributed by atoms with van der Waals surface area (Å²) in [7, 11) is 0. The van der Waals surface area contributed by atoms with Gasteiger partial charge in [0.2, 0.25) is 0 Å². The molecule has 2 nitrogen and oxygen atoms in total. The number of aryl methyl sites for hydroxylation is 1. The Bertz CT molecular complexity index is 719. The number of allylic oxidation sites excluding steroid dienone is 1. The first-order valence-corrected chi connectivity index (χ1v) is 9.86. The van der Waals surface area contributed by atoms with Crippen molar-refractivity contribution >= 4 is 28.1 Å². The molecule has 0 saturated carbocycles. The van der Waals surface area contributed by atoms with E-state index in [0.717, 1.165) is 46.6 Å². The van der Waals surface area contributed by atoms with Gasteiger partial charge in [-0.05, 0) is 36.1 Å². The zero-order chi connectivity index (χ0) is 18.4. The van der Waals surface area contributed by atoms with Crippen LogP contribution in [-0.2, 0) is 6.18 Å². The van der Waals surface area contributed by atoms with Crippen LogP contribution in [-0.4, -0.2) is 17.3 Å². The summed E-state index contributed by atoms with van der Waals surface area (Å²) in [5, 5.41) is 5.07. The van der Waals surface area contributed by atoms with Crippen molar-refractivity contribution in [1.82, 2.24) is 4.98 Å². The van der Waals surface area contributed by atoms with Crippen LogP contribution in [0.4, 0.5) is 18.2 Å². The lowest BCUT2D eigenvalue weighted by Crippen LogP contribution is -2.03. The Morgan fingerprint density at radius 3 is 2.48 bits per heavy atom. The average Bonchev–Trinajstić information content (AvgIpc) is 2.93. The van der Waals surface area contributed by atoms with Gasteiger partial charge in [0.25, 0.3) is 0 Å². The molecule has 7 heteroatoms. The van der Waals surface area contributed by atoms with E-state index in [4.69, 9.17) is 0 Å². The Labute approximate surface area is 154 Å². The van der Waals surface area contributed by atoms with Crippen LogP contribution >= 0.6 is 23.1 Å². The molecule has 1 heterocycles. The molecule has 2 rings (SSSR count). The Morgan fingerprint density at radius 1 is 1.24 bits per heavy atom. The van der Waals surface area contributed by atoms with Crippen LogP contribution in [0.15, 0.2) is 35.2 Å². The second kappa shape index (κ2) is 8.76. The number of nitrogens with zero attached hydrogens (tertiary/aromatic N) is 1. The minimum Gasteiger partial charge on any atom is -0.371 e. The van der Waals surface area contributed by atoms with E-state index in [1.165, 1.54) is 28.4 Å². The number of hydrogen-bond donors (Lipinski definition) is 1. The van der Waals surface area contributed by atoms with Crippen molar-refractivity contribution in [1.29, 1.82) is 0 Å². The lowest BCUT2D eigenvalue weighted by molar-refractivity contribution is -0.137. The fourth-order valence-electron chi connectivity index (χ4n) is 2.25. The number of nitrogens with one attached hydrogen (secondary N) is 1. The lowest BCUT2D eigenvalue weighted by atomic mass is 10.1. The van der Waals surface area contributed by atoms with Gasteiger partial charge in [0, 0.05) is 12.1 Å². The van der Waals surface area contributed by atoms with E-state index in [2.05, 4.69) is 30.2 Å². The maximum atomic E-state index is 12.7. The van der Waals surface area contributed by atoms with Crippen molar-refractivity contribution in [3.05, 3.63) is 46.5 Å². The number of thiazole rings is 1. The van der Waals surface area contributed by atoms with Crippen LogP contribution in [0.25, 0.3) is 10.6 Å². The van der Waals surface area contributed by atoms with Gasteiger partial charge in [0.15, 0.2) is 0 Å². The highest BCUT2D eigenvalue weighted by atomic mass is 32.2.